The van der Waals surface area contributed by atoms with Gasteiger partial charge >= 0.3 is 0 Å². The first-order valence-corrected chi connectivity index (χ1v) is 6.13. The van der Waals surface area contributed by atoms with Crippen LogP contribution in [0.25, 0.3) is 0 Å². The Morgan fingerprint density at radius 1 is 1.20 bits per heavy atom. The van der Waals surface area contributed by atoms with Gasteiger partial charge in [0, 0.05) is 6.04 Å². The molecule has 1 aromatic rings. The zero-order valence-electron chi connectivity index (χ0n) is 8.76. The summed E-state index contributed by atoms with van der Waals surface area (Å²) in [5.74, 6) is 0.809. The van der Waals surface area contributed by atoms with Crippen LogP contribution in [0.15, 0.2) is 18.2 Å². The van der Waals surface area contributed by atoms with Gasteiger partial charge in [0.05, 0.1) is 15.7 Å². The summed E-state index contributed by atoms with van der Waals surface area (Å²) in [6, 6.07) is 6.13. The van der Waals surface area contributed by atoms with Crippen LogP contribution in [0.2, 0.25) is 10.0 Å². The van der Waals surface area contributed by atoms with Gasteiger partial charge in [0.15, 0.2) is 0 Å². The second-order valence-electron chi connectivity index (χ2n) is 4.36. The van der Waals surface area contributed by atoms with Crippen LogP contribution in [0.1, 0.15) is 26.2 Å². The Bertz CT molecular complexity index is 331. The van der Waals surface area contributed by atoms with Crippen LogP contribution in [0.5, 0.6) is 0 Å². The molecule has 1 nitrogen and oxygen atoms in total. The van der Waals surface area contributed by atoms with E-state index >= 15 is 0 Å². The molecular formula is C12H15Cl2N. The van der Waals surface area contributed by atoms with Crippen LogP contribution in [-0.4, -0.2) is 6.04 Å². The maximum Gasteiger partial charge on any atom is 0.0721 e. The Hall–Kier alpha value is -0.400. The van der Waals surface area contributed by atoms with Crippen molar-refractivity contribution in [1.82, 2.24) is 0 Å². The summed E-state index contributed by atoms with van der Waals surface area (Å²) in [6.07, 6.45) is 3.71. The molecule has 0 bridgehead atoms. The Labute approximate surface area is 101 Å². The number of benzene rings is 1. The first kappa shape index (κ1) is 11.1. The predicted octanol–water partition coefficient (Wildman–Crippen LogP) is 4.59. The molecule has 0 saturated heterocycles. The van der Waals surface area contributed by atoms with Gasteiger partial charge in [-0.05, 0) is 37.3 Å². The van der Waals surface area contributed by atoms with Crippen molar-refractivity contribution in [3.63, 3.8) is 0 Å². The number of nitrogens with one attached hydrogen (secondary N) is 1. The minimum Gasteiger partial charge on any atom is -0.380 e. The van der Waals surface area contributed by atoms with Gasteiger partial charge in [-0.15, -0.1) is 0 Å². The van der Waals surface area contributed by atoms with Crippen molar-refractivity contribution in [2.24, 2.45) is 5.92 Å². The fraction of sp³-hybridized carbons (Fsp3) is 0.500. The Balaban J connectivity index is 2.10. The second kappa shape index (κ2) is 4.63. The molecule has 1 saturated carbocycles. The molecule has 0 aliphatic heterocycles. The van der Waals surface area contributed by atoms with Crippen molar-refractivity contribution >= 4 is 28.9 Å². The van der Waals surface area contributed by atoms with Crippen molar-refractivity contribution in [3.05, 3.63) is 28.2 Å². The molecular weight excluding hydrogens is 229 g/mol. The van der Waals surface area contributed by atoms with Crippen molar-refractivity contribution in [2.75, 3.05) is 5.32 Å². The molecule has 2 rings (SSSR count). The standard InChI is InChI=1S/C12H15Cl2N/c1-8-5-6-9(7-8)15-12-10(13)3-2-4-11(12)14/h2-4,8-9,15H,5-7H2,1H3. The van der Waals surface area contributed by atoms with Gasteiger partial charge in [0.25, 0.3) is 0 Å². The smallest absolute Gasteiger partial charge is 0.0721 e. The maximum absolute atomic E-state index is 6.10. The number of anilines is 1. The summed E-state index contributed by atoms with van der Waals surface area (Å²) in [5, 5.41) is 4.86. The maximum atomic E-state index is 6.10. The van der Waals surface area contributed by atoms with E-state index in [1.165, 1.54) is 19.3 Å². The van der Waals surface area contributed by atoms with Crippen molar-refractivity contribution in [2.45, 2.75) is 32.2 Å². The number of hydrogen-bond acceptors (Lipinski definition) is 1. The van der Waals surface area contributed by atoms with E-state index in [-0.39, 0.29) is 0 Å². The molecule has 0 aromatic heterocycles. The minimum atomic E-state index is 0.525. The highest BCUT2D eigenvalue weighted by Crippen LogP contribution is 2.34. The molecule has 0 spiro atoms. The van der Waals surface area contributed by atoms with Crippen molar-refractivity contribution < 1.29 is 0 Å². The van der Waals surface area contributed by atoms with Crippen LogP contribution in [-0.2, 0) is 0 Å². The third-order valence-corrected chi connectivity index (χ3v) is 3.64. The van der Waals surface area contributed by atoms with Crippen LogP contribution < -0.4 is 5.32 Å². The summed E-state index contributed by atoms with van der Waals surface area (Å²) < 4.78 is 0. The van der Waals surface area contributed by atoms with Gasteiger partial charge in [-0.3, -0.25) is 0 Å². The first-order chi connectivity index (χ1) is 7.16. The Morgan fingerprint density at radius 2 is 1.87 bits per heavy atom. The number of rotatable bonds is 2. The van der Waals surface area contributed by atoms with E-state index in [2.05, 4.69) is 12.2 Å². The van der Waals surface area contributed by atoms with E-state index in [0.29, 0.717) is 16.1 Å². The summed E-state index contributed by atoms with van der Waals surface area (Å²) in [7, 11) is 0. The average molecular weight is 244 g/mol. The third-order valence-electron chi connectivity index (χ3n) is 3.01. The van der Waals surface area contributed by atoms with E-state index in [4.69, 9.17) is 23.2 Å². The molecule has 0 heterocycles. The average Bonchev–Trinajstić information content (AvgIpc) is 2.58. The van der Waals surface area contributed by atoms with E-state index in [1.807, 2.05) is 18.2 Å². The highest BCUT2D eigenvalue weighted by atomic mass is 35.5. The monoisotopic (exact) mass is 243 g/mol. The molecule has 0 amide bonds. The number of para-hydroxylation sites is 1. The zero-order valence-corrected chi connectivity index (χ0v) is 10.3. The minimum absolute atomic E-state index is 0.525. The number of halogens is 2. The van der Waals surface area contributed by atoms with E-state index in [1.54, 1.807) is 0 Å². The fourth-order valence-corrected chi connectivity index (χ4v) is 2.68. The molecule has 0 radical (unpaired) electrons. The molecule has 82 valence electrons. The summed E-state index contributed by atoms with van der Waals surface area (Å²) in [6.45, 7) is 2.29. The molecule has 1 aliphatic rings. The lowest BCUT2D eigenvalue weighted by molar-refractivity contribution is 0.602. The van der Waals surface area contributed by atoms with Gasteiger partial charge in [-0.25, -0.2) is 0 Å². The lowest BCUT2D eigenvalue weighted by Gasteiger charge is -2.16. The molecule has 1 aliphatic carbocycles. The van der Waals surface area contributed by atoms with E-state index < -0.39 is 0 Å². The summed E-state index contributed by atoms with van der Waals surface area (Å²) in [4.78, 5) is 0. The molecule has 1 N–H and O–H groups in total. The molecule has 15 heavy (non-hydrogen) atoms. The molecule has 2 atom stereocenters. The lowest BCUT2D eigenvalue weighted by atomic mass is 10.1. The molecule has 2 unspecified atom stereocenters. The first-order valence-electron chi connectivity index (χ1n) is 5.37. The highest BCUT2D eigenvalue weighted by Gasteiger charge is 2.22. The second-order valence-corrected chi connectivity index (χ2v) is 5.17. The van der Waals surface area contributed by atoms with Gasteiger partial charge in [0.1, 0.15) is 0 Å². The Morgan fingerprint density at radius 3 is 2.40 bits per heavy atom. The van der Waals surface area contributed by atoms with Gasteiger partial charge in [-0.1, -0.05) is 36.2 Å². The van der Waals surface area contributed by atoms with E-state index in [0.717, 1.165) is 11.6 Å². The normalized spacial score (nSPS) is 25.5. The van der Waals surface area contributed by atoms with Crippen molar-refractivity contribution in [1.29, 1.82) is 0 Å². The predicted molar refractivity (Wildman–Crippen MR) is 66.9 cm³/mol. The Kier molecular flexibility index (Phi) is 3.42. The van der Waals surface area contributed by atoms with Gasteiger partial charge < -0.3 is 5.32 Å². The highest BCUT2D eigenvalue weighted by molar-refractivity contribution is 6.39. The number of hydrogen-bond donors (Lipinski definition) is 1. The van der Waals surface area contributed by atoms with Gasteiger partial charge in [-0.2, -0.15) is 0 Å². The largest absolute Gasteiger partial charge is 0.380 e. The zero-order chi connectivity index (χ0) is 10.8. The van der Waals surface area contributed by atoms with Crippen LogP contribution in [0.3, 0.4) is 0 Å². The molecule has 1 fully saturated rings. The third kappa shape index (κ3) is 2.59. The van der Waals surface area contributed by atoms with E-state index in [9.17, 15) is 0 Å². The van der Waals surface area contributed by atoms with Crippen molar-refractivity contribution in [3.8, 4) is 0 Å². The molecule has 1 aromatic carbocycles. The topological polar surface area (TPSA) is 12.0 Å². The summed E-state index contributed by atoms with van der Waals surface area (Å²) in [5.41, 5.74) is 0.889. The fourth-order valence-electron chi connectivity index (χ4n) is 2.18. The molecule has 3 heteroatoms. The van der Waals surface area contributed by atoms with Crippen LogP contribution in [0.4, 0.5) is 5.69 Å². The van der Waals surface area contributed by atoms with Crippen LogP contribution >= 0.6 is 23.2 Å². The summed E-state index contributed by atoms with van der Waals surface area (Å²) >= 11 is 12.2. The quantitative estimate of drug-likeness (QED) is 0.801. The lowest BCUT2D eigenvalue weighted by Crippen LogP contribution is -2.15. The SMILES string of the molecule is CC1CCC(Nc2c(Cl)cccc2Cl)C1. The van der Waals surface area contributed by atoms with Crippen LogP contribution in [0, 0.1) is 5.92 Å². The van der Waals surface area contributed by atoms with Gasteiger partial charge in [0.2, 0.25) is 0 Å².